The lowest BCUT2D eigenvalue weighted by atomic mass is 10.0. The Balaban J connectivity index is 0.000000921. The molecule has 0 spiro atoms. The molecule has 0 aliphatic carbocycles. The lowest BCUT2D eigenvalue weighted by Crippen LogP contribution is -2.20. The van der Waals surface area contributed by atoms with Crippen molar-refractivity contribution in [3.05, 3.63) is 23.0 Å². The molecule has 5 nitrogen and oxygen atoms in total. The Bertz CT molecular complexity index is 516. The first-order valence-electron chi connectivity index (χ1n) is 6.98. The number of anilines is 1. The zero-order chi connectivity index (χ0) is 16.6. The van der Waals surface area contributed by atoms with E-state index in [1.165, 1.54) is 19.5 Å². The van der Waals surface area contributed by atoms with E-state index in [4.69, 9.17) is 5.73 Å². The van der Waals surface area contributed by atoms with Crippen molar-refractivity contribution in [2.75, 3.05) is 19.9 Å². The second-order valence-electron chi connectivity index (χ2n) is 3.81. The third-order valence-corrected chi connectivity index (χ3v) is 2.57. The van der Waals surface area contributed by atoms with Crippen molar-refractivity contribution < 1.29 is 13.9 Å². The van der Waals surface area contributed by atoms with Crippen LogP contribution in [0.4, 0.5) is 15.8 Å². The van der Waals surface area contributed by atoms with Gasteiger partial charge in [0, 0.05) is 19.2 Å². The molecule has 2 N–H and O–H groups in total. The summed E-state index contributed by atoms with van der Waals surface area (Å²) in [6.07, 6.45) is 1.52. The van der Waals surface area contributed by atoms with Crippen LogP contribution < -0.4 is 5.73 Å². The summed E-state index contributed by atoms with van der Waals surface area (Å²) >= 11 is 0. The number of nitrogen functional groups attached to an aromatic ring is 1. The van der Waals surface area contributed by atoms with Gasteiger partial charge in [0.1, 0.15) is 5.69 Å². The number of halogens is 1. The monoisotopic (exact) mass is 297 g/mol. The van der Waals surface area contributed by atoms with E-state index in [-0.39, 0.29) is 16.9 Å². The number of esters is 1. The minimum absolute atomic E-state index is 0.0363. The third-order valence-electron chi connectivity index (χ3n) is 2.57. The lowest BCUT2D eigenvalue weighted by Gasteiger charge is -2.21. The first kappa shape index (κ1) is 18.9. The number of methoxy groups -OCH3 is 1. The van der Waals surface area contributed by atoms with Gasteiger partial charge < -0.3 is 15.4 Å². The van der Waals surface area contributed by atoms with Crippen LogP contribution >= 0.6 is 0 Å². The number of nitrogens with zero attached hydrogens (tertiary/aromatic N) is 2. The van der Waals surface area contributed by atoms with Gasteiger partial charge in [0.25, 0.3) is 0 Å². The molecule has 0 bridgehead atoms. The van der Waals surface area contributed by atoms with Crippen molar-refractivity contribution in [1.82, 2.24) is 4.90 Å². The Morgan fingerprint density at radius 3 is 2.48 bits per heavy atom. The second kappa shape index (κ2) is 8.94. The van der Waals surface area contributed by atoms with E-state index >= 15 is 0 Å². The van der Waals surface area contributed by atoms with Gasteiger partial charge in [0.15, 0.2) is 5.82 Å². The van der Waals surface area contributed by atoms with Crippen LogP contribution in [-0.4, -0.2) is 31.4 Å². The highest BCUT2D eigenvalue weighted by Crippen LogP contribution is 2.33. The van der Waals surface area contributed by atoms with Crippen molar-refractivity contribution in [3.8, 4) is 0 Å². The van der Waals surface area contributed by atoms with Crippen molar-refractivity contribution in [3.63, 3.8) is 0 Å². The fourth-order valence-corrected chi connectivity index (χ4v) is 1.71. The molecule has 6 heteroatoms. The average Bonchev–Trinajstić information content (AvgIpc) is 2.53. The Morgan fingerprint density at radius 1 is 1.38 bits per heavy atom. The minimum Gasteiger partial charge on any atom is -0.465 e. The van der Waals surface area contributed by atoms with Gasteiger partial charge in [0.2, 0.25) is 0 Å². The summed E-state index contributed by atoms with van der Waals surface area (Å²) in [4.78, 5) is 17.2. The summed E-state index contributed by atoms with van der Waals surface area (Å²) in [5, 5.41) is 0. The molecule has 118 valence electrons. The Morgan fingerprint density at radius 2 is 1.95 bits per heavy atom. The number of carbonyl (C=O) groups is 1. The predicted molar refractivity (Wildman–Crippen MR) is 84.5 cm³/mol. The van der Waals surface area contributed by atoms with E-state index in [0.717, 1.165) is 0 Å². The second-order valence-corrected chi connectivity index (χ2v) is 3.81. The molecule has 0 amide bonds. The zero-order valence-corrected chi connectivity index (χ0v) is 13.5. The maximum Gasteiger partial charge on any atom is 0.340 e. The molecule has 1 aromatic carbocycles. The molecule has 1 aliphatic heterocycles. The third kappa shape index (κ3) is 4.18. The van der Waals surface area contributed by atoms with E-state index in [1.54, 1.807) is 11.9 Å². The maximum absolute atomic E-state index is 13.9. The Hall–Kier alpha value is -2.11. The summed E-state index contributed by atoms with van der Waals surface area (Å²) < 4.78 is 18.5. The fraction of sp³-hybridized carbons (Fsp3) is 0.467. The molecule has 2 rings (SSSR count). The van der Waals surface area contributed by atoms with E-state index < -0.39 is 11.8 Å². The summed E-state index contributed by atoms with van der Waals surface area (Å²) in [7, 11) is 3.03. The number of rotatable bonds is 1. The van der Waals surface area contributed by atoms with Gasteiger partial charge in [-0.3, -0.25) is 0 Å². The van der Waals surface area contributed by atoms with Crippen LogP contribution in [0.5, 0.6) is 0 Å². The molecule has 0 saturated carbocycles. The average molecular weight is 297 g/mol. The quantitative estimate of drug-likeness (QED) is 0.637. The summed E-state index contributed by atoms with van der Waals surface area (Å²) in [5.41, 5.74) is 6.17. The van der Waals surface area contributed by atoms with E-state index in [0.29, 0.717) is 12.1 Å². The van der Waals surface area contributed by atoms with Crippen LogP contribution in [0.15, 0.2) is 11.1 Å². The van der Waals surface area contributed by atoms with Crippen molar-refractivity contribution in [1.29, 1.82) is 0 Å². The number of ether oxygens (including phenoxy) is 1. The summed E-state index contributed by atoms with van der Waals surface area (Å²) in [5.74, 6) is -1.33. The van der Waals surface area contributed by atoms with Gasteiger partial charge in [-0.15, -0.1) is 0 Å². The zero-order valence-electron chi connectivity index (χ0n) is 13.5. The highest BCUT2D eigenvalue weighted by molar-refractivity contribution is 5.96. The van der Waals surface area contributed by atoms with Crippen LogP contribution in [-0.2, 0) is 11.3 Å². The number of benzene rings is 1. The smallest absolute Gasteiger partial charge is 0.340 e. The van der Waals surface area contributed by atoms with Gasteiger partial charge in [-0.25, -0.2) is 14.2 Å². The van der Waals surface area contributed by atoms with E-state index in [9.17, 15) is 9.18 Å². The van der Waals surface area contributed by atoms with Gasteiger partial charge in [0.05, 0.1) is 24.7 Å². The van der Waals surface area contributed by atoms with Gasteiger partial charge >= 0.3 is 5.97 Å². The molecule has 0 aromatic heterocycles. The van der Waals surface area contributed by atoms with Crippen molar-refractivity contribution >= 4 is 23.7 Å². The van der Waals surface area contributed by atoms with Crippen molar-refractivity contribution in [2.45, 2.75) is 34.2 Å². The number of hydrogen-bond donors (Lipinski definition) is 1. The first-order chi connectivity index (χ1) is 10.0. The number of nitrogens with two attached hydrogens (primary N) is 1. The van der Waals surface area contributed by atoms with Crippen LogP contribution in [0.1, 0.15) is 43.6 Å². The lowest BCUT2D eigenvalue weighted by molar-refractivity contribution is 0.0601. The van der Waals surface area contributed by atoms with E-state index in [2.05, 4.69) is 9.73 Å². The molecule has 21 heavy (non-hydrogen) atoms. The maximum atomic E-state index is 13.9. The number of fused-ring (bicyclic) bond motifs is 1. The topological polar surface area (TPSA) is 67.9 Å². The predicted octanol–water partition coefficient (Wildman–Crippen LogP) is 3.35. The summed E-state index contributed by atoms with van der Waals surface area (Å²) in [6.45, 7) is 8.47. The normalized spacial score (nSPS) is 11.5. The molecule has 1 aliphatic rings. The molecule has 1 aromatic rings. The minimum atomic E-state index is -0.674. The highest BCUT2D eigenvalue weighted by Gasteiger charge is 2.22. The Kier molecular flexibility index (Phi) is 8.04. The van der Waals surface area contributed by atoms with E-state index in [1.807, 2.05) is 27.7 Å². The standard InChI is InChI=1S/C11H12FN3O2.2C2H6/c1-15-4-6-3-7(11(16)17-2)9(13)8(12)10(6)14-5-15;2*1-2/h3,5H,4,13H2,1-2H3;2*1-2H3. The van der Waals surface area contributed by atoms with Crippen LogP contribution in [0, 0.1) is 5.82 Å². The van der Waals surface area contributed by atoms with Crippen molar-refractivity contribution in [2.24, 2.45) is 4.99 Å². The highest BCUT2D eigenvalue weighted by atomic mass is 19.1. The largest absolute Gasteiger partial charge is 0.465 e. The van der Waals surface area contributed by atoms with Gasteiger partial charge in [-0.1, -0.05) is 27.7 Å². The van der Waals surface area contributed by atoms with Crippen LogP contribution in [0.2, 0.25) is 0 Å². The molecule has 0 fully saturated rings. The van der Waals surface area contributed by atoms with Gasteiger partial charge in [-0.2, -0.15) is 0 Å². The van der Waals surface area contributed by atoms with Gasteiger partial charge in [-0.05, 0) is 6.07 Å². The number of hydrogen-bond acceptors (Lipinski definition) is 5. The number of carbonyl (C=O) groups excluding carboxylic acids is 1. The van der Waals surface area contributed by atoms with Crippen LogP contribution in [0.3, 0.4) is 0 Å². The molecule has 0 atom stereocenters. The summed E-state index contributed by atoms with van der Waals surface area (Å²) in [6, 6.07) is 1.52. The Labute approximate surface area is 125 Å². The number of aliphatic imine (C=N–C) groups is 1. The fourth-order valence-electron chi connectivity index (χ4n) is 1.71. The first-order valence-corrected chi connectivity index (χ1v) is 6.98. The molecule has 0 saturated heterocycles. The molecular formula is C15H24FN3O2. The molecular weight excluding hydrogens is 273 g/mol. The SMILES string of the molecule is CC.CC.COC(=O)c1cc2c(c(F)c1N)N=CN(C)C2. The molecule has 0 unspecified atom stereocenters. The van der Waals surface area contributed by atoms with Crippen LogP contribution in [0.25, 0.3) is 0 Å². The molecule has 1 heterocycles. The molecule has 0 radical (unpaired) electrons.